The molecule has 0 bridgehead atoms. The Hall–Kier alpha value is -0.610. The first-order chi connectivity index (χ1) is 7.54. The molecule has 1 amide bonds. The third kappa shape index (κ3) is 3.76. The van der Waals surface area contributed by atoms with Crippen LogP contribution in [0, 0.1) is 0 Å². The minimum absolute atomic E-state index is 0.0481. The van der Waals surface area contributed by atoms with Gasteiger partial charge >= 0.3 is 0 Å². The molecule has 1 saturated heterocycles. The predicted octanol–water partition coefficient (Wildman–Crippen LogP) is 0.537. The summed E-state index contributed by atoms with van der Waals surface area (Å²) in [5.41, 5.74) is 0. The van der Waals surface area contributed by atoms with Crippen molar-refractivity contribution < 1.29 is 4.79 Å². The van der Waals surface area contributed by atoms with Gasteiger partial charge in [-0.2, -0.15) is 0 Å². The van der Waals surface area contributed by atoms with E-state index >= 15 is 0 Å². The smallest absolute Gasteiger partial charge is 0.239 e. The number of likely N-dealkylation sites (tertiary alicyclic amines) is 1. The van der Waals surface area contributed by atoms with E-state index in [2.05, 4.69) is 38.0 Å². The third-order valence-electron chi connectivity index (χ3n) is 3.12. The average Bonchev–Trinajstić information content (AvgIpc) is 2.56. The highest BCUT2D eigenvalue weighted by atomic mass is 16.2. The number of hydrogen-bond donors (Lipinski definition) is 1. The summed E-state index contributed by atoms with van der Waals surface area (Å²) in [6.07, 6.45) is 0.951. The fraction of sp³-hybridized carbons (Fsp3) is 0.917. The van der Waals surface area contributed by atoms with E-state index in [0.29, 0.717) is 6.04 Å². The van der Waals surface area contributed by atoms with E-state index in [4.69, 9.17) is 0 Å². The molecule has 4 heteroatoms. The summed E-state index contributed by atoms with van der Waals surface area (Å²) in [6.45, 7) is 10.1. The minimum atomic E-state index is 0.0481. The number of carbonyl (C=O) groups excluding carboxylic acids is 1. The predicted molar refractivity (Wildman–Crippen MR) is 66.4 cm³/mol. The summed E-state index contributed by atoms with van der Waals surface area (Å²) in [6, 6.07) is 0.430. The van der Waals surface area contributed by atoms with Crippen LogP contribution < -0.4 is 5.32 Å². The fourth-order valence-corrected chi connectivity index (χ4v) is 1.97. The van der Waals surface area contributed by atoms with Crippen LogP contribution >= 0.6 is 0 Å². The molecular formula is C12H25N3O. The summed E-state index contributed by atoms with van der Waals surface area (Å²) >= 11 is 0. The lowest BCUT2D eigenvalue weighted by atomic mass is 10.2. The molecule has 0 aromatic rings. The molecule has 0 aromatic heterocycles. The molecule has 1 unspecified atom stereocenters. The van der Waals surface area contributed by atoms with Crippen molar-refractivity contribution in [2.24, 2.45) is 0 Å². The van der Waals surface area contributed by atoms with Crippen LogP contribution in [0.15, 0.2) is 0 Å². The monoisotopic (exact) mass is 227 g/mol. The Kier molecular flexibility index (Phi) is 5.22. The van der Waals surface area contributed by atoms with Gasteiger partial charge in [0.15, 0.2) is 0 Å². The van der Waals surface area contributed by atoms with Gasteiger partial charge in [0.2, 0.25) is 5.91 Å². The molecule has 1 heterocycles. The van der Waals surface area contributed by atoms with Crippen molar-refractivity contribution in [3.05, 3.63) is 0 Å². The quantitative estimate of drug-likeness (QED) is 0.719. The number of nitrogens with one attached hydrogen (secondary N) is 1. The molecule has 0 aromatic carbocycles. The molecular weight excluding hydrogens is 202 g/mol. The van der Waals surface area contributed by atoms with E-state index in [1.165, 1.54) is 0 Å². The van der Waals surface area contributed by atoms with E-state index < -0.39 is 0 Å². The van der Waals surface area contributed by atoms with Crippen LogP contribution in [0.5, 0.6) is 0 Å². The summed E-state index contributed by atoms with van der Waals surface area (Å²) < 4.78 is 0. The maximum absolute atomic E-state index is 12.0. The second kappa shape index (κ2) is 6.21. The van der Waals surface area contributed by atoms with Gasteiger partial charge in [0.1, 0.15) is 0 Å². The van der Waals surface area contributed by atoms with Gasteiger partial charge in [0.25, 0.3) is 0 Å². The van der Waals surface area contributed by atoms with E-state index in [1.54, 1.807) is 0 Å². The number of nitrogens with zero attached hydrogens (tertiary/aromatic N) is 2. The van der Waals surface area contributed by atoms with Crippen LogP contribution in [-0.2, 0) is 4.79 Å². The normalized spacial score (nSPS) is 21.5. The Bertz CT molecular complexity index is 230. The van der Waals surface area contributed by atoms with E-state index in [1.807, 2.05) is 4.90 Å². The van der Waals surface area contributed by atoms with Crippen molar-refractivity contribution in [2.75, 3.05) is 33.2 Å². The van der Waals surface area contributed by atoms with Gasteiger partial charge in [0.05, 0.1) is 6.04 Å². The molecule has 16 heavy (non-hydrogen) atoms. The summed E-state index contributed by atoms with van der Waals surface area (Å²) in [5.74, 6) is 0.276. The van der Waals surface area contributed by atoms with Crippen LogP contribution in [0.3, 0.4) is 0 Å². The maximum Gasteiger partial charge on any atom is 0.239 e. The first-order valence-corrected chi connectivity index (χ1v) is 6.28. The first-order valence-electron chi connectivity index (χ1n) is 6.28. The van der Waals surface area contributed by atoms with E-state index in [-0.39, 0.29) is 11.9 Å². The third-order valence-corrected chi connectivity index (χ3v) is 3.12. The lowest BCUT2D eigenvalue weighted by Crippen LogP contribution is -2.43. The molecule has 0 spiro atoms. The zero-order chi connectivity index (χ0) is 12.1. The SMILES string of the molecule is CCN(C)CCN1CCC(NC(C)C)C1=O. The summed E-state index contributed by atoms with van der Waals surface area (Å²) in [5, 5.41) is 3.32. The Morgan fingerprint density at radius 1 is 1.56 bits per heavy atom. The van der Waals surface area contributed by atoms with Crippen LogP contribution in [-0.4, -0.2) is 61.0 Å². The van der Waals surface area contributed by atoms with Gasteiger partial charge < -0.3 is 15.1 Å². The Labute approximate surface area is 99.0 Å². The van der Waals surface area contributed by atoms with Crippen LogP contribution in [0.2, 0.25) is 0 Å². The zero-order valence-corrected chi connectivity index (χ0v) is 11.0. The van der Waals surface area contributed by atoms with Gasteiger partial charge in [-0.05, 0) is 20.0 Å². The summed E-state index contributed by atoms with van der Waals surface area (Å²) in [4.78, 5) is 16.2. The van der Waals surface area contributed by atoms with Crippen LogP contribution in [0.1, 0.15) is 27.2 Å². The minimum Gasteiger partial charge on any atom is -0.340 e. The molecule has 1 rings (SSSR count). The molecule has 1 aliphatic rings. The first kappa shape index (κ1) is 13.5. The molecule has 1 atom stereocenters. The molecule has 94 valence electrons. The van der Waals surface area contributed by atoms with Gasteiger partial charge in [-0.1, -0.05) is 20.8 Å². The topological polar surface area (TPSA) is 35.6 Å². The molecule has 4 nitrogen and oxygen atoms in total. The highest BCUT2D eigenvalue weighted by Crippen LogP contribution is 2.11. The number of hydrogen-bond acceptors (Lipinski definition) is 3. The second-order valence-corrected chi connectivity index (χ2v) is 4.88. The average molecular weight is 227 g/mol. The van der Waals surface area contributed by atoms with Crippen LogP contribution in [0.4, 0.5) is 0 Å². The van der Waals surface area contributed by atoms with E-state index in [0.717, 1.165) is 32.6 Å². The Morgan fingerprint density at radius 2 is 2.25 bits per heavy atom. The zero-order valence-electron chi connectivity index (χ0n) is 11.0. The Morgan fingerprint density at radius 3 is 2.81 bits per heavy atom. The van der Waals surface area contributed by atoms with Gasteiger partial charge in [-0.25, -0.2) is 0 Å². The second-order valence-electron chi connectivity index (χ2n) is 4.88. The van der Waals surface area contributed by atoms with Gasteiger partial charge in [0, 0.05) is 25.7 Å². The van der Waals surface area contributed by atoms with Gasteiger partial charge in [-0.15, -0.1) is 0 Å². The summed E-state index contributed by atoms with van der Waals surface area (Å²) in [7, 11) is 2.09. The van der Waals surface area contributed by atoms with Crippen LogP contribution in [0.25, 0.3) is 0 Å². The number of amides is 1. The molecule has 1 aliphatic heterocycles. The molecule has 0 aliphatic carbocycles. The van der Waals surface area contributed by atoms with Crippen molar-refractivity contribution >= 4 is 5.91 Å². The standard InChI is InChI=1S/C12H25N3O/c1-5-14(4)8-9-15-7-6-11(12(15)16)13-10(2)3/h10-11,13H,5-9H2,1-4H3. The molecule has 0 radical (unpaired) electrons. The lowest BCUT2D eigenvalue weighted by Gasteiger charge is -2.21. The lowest BCUT2D eigenvalue weighted by molar-refractivity contribution is -0.129. The number of likely N-dealkylation sites (N-methyl/N-ethyl adjacent to an activating group) is 1. The van der Waals surface area contributed by atoms with Crippen molar-refractivity contribution in [2.45, 2.75) is 39.3 Å². The molecule has 0 saturated carbocycles. The van der Waals surface area contributed by atoms with Crippen molar-refractivity contribution in [1.82, 2.24) is 15.1 Å². The fourth-order valence-electron chi connectivity index (χ4n) is 1.97. The van der Waals surface area contributed by atoms with E-state index in [9.17, 15) is 4.79 Å². The highest BCUT2D eigenvalue weighted by molar-refractivity contribution is 5.84. The molecule has 1 fully saturated rings. The number of carbonyl (C=O) groups is 1. The molecule has 1 N–H and O–H groups in total. The van der Waals surface area contributed by atoms with Crippen molar-refractivity contribution in [3.63, 3.8) is 0 Å². The Balaban J connectivity index is 2.33. The van der Waals surface area contributed by atoms with Crippen molar-refractivity contribution in [3.8, 4) is 0 Å². The number of rotatable bonds is 6. The van der Waals surface area contributed by atoms with Gasteiger partial charge in [-0.3, -0.25) is 4.79 Å². The highest BCUT2D eigenvalue weighted by Gasteiger charge is 2.31. The largest absolute Gasteiger partial charge is 0.340 e. The maximum atomic E-state index is 12.0. The van der Waals surface area contributed by atoms with Crippen molar-refractivity contribution in [1.29, 1.82) is 0 Å².